The summed E-state index contributed by atoms with van der Waals surface area (Å²) in [6.45, 7) is 0. The van der Waals surface area contributed by atoms with Crippen molar-refractivity contribution in [3.8, 4) is 40.4 Å². The second-order valence-electron chi connectivity index (χ2n) is 7.72. The fraction of sp³-hybridized carbons (Fsp3) is 0.111. The highest BCUT2D eigenvalue weighted by molar-refractivity contribution is 5.72. The Balaban J connectivity index is 1.82. The first kappa shape index (κ1) is 21.2. The van der Waals surface area contributed by atoms with Gasteiger partial charge in [-0.1, -0.05) is 54.6 Å². The van der Waals surface area contributed by atoms with Crippen molar-refractivity contribution in [3.63, 3.8) is 0 Å². The molecule has 2 N–H and O–H groups in total. The highest BCUT2D eigenvalue weighted by Crippen LogP contribution is 2.48. The Morgan fingerprint density at radius 1 is 0.941 bits per heavy atom. The summed E-state index contributed by atoms with van der Waals surface area (Å²) in [6, 6.07) is 27.3. The van der Waals surface area contributed by atoms with Gasteiger partial charge in [0.25, 0.3) is 0 Å². The van der Waals surface area contributed by atoms with Gasteiger partial charge in [0.15, 0.2) is 11.5 Å². The van der Waals surface area contributed by atoms with E-state index in [0.29, 0.717) is 28.6 Å². The van der Waals surface area contributed by atoms with E-state index >= 15 is 0 Å². The summed E-state index contributed by atoms with van der Waals surface area (Å²) in [5, 5.41) is 15.0. The molecule has 168 valence electrons. The Morgan fingerprint density at radius 3 is 2.26 bits per heavy atom. The lowest BCUT2D eigenvalue weighted by atomic mass is 9.83. The number of fused-ring (bicyclic) bond motifs is 1. The number of aromatic nitrogens is 2. The number of rotatable bonds is 5. The molecule has 0 bridgehead atoms. The maximum atomic E-state index is 10.1. The van der Waals surface area contributed by atoms with Crippen molar-refractivity contribution in [2.75, 3.05) is 14.2 Å². The molecule has 3 aromatic carbocycles. The molecule has 1 aliphatic rings. The van der Waals surface area contributed by atoms with E-state index in [1.807, 2.05) is 78.9 Å². The van der Waals surface area contributed by atoms with Crippen molar-refractivity contribution in [1.29, 1.82) is 5.26 Å². The van der Waals surface area contributed by atoms with E-state index in [0.717, 1.165) is 22.4 Å². The number of methoxy groups -OCH3 is 2. The predicted octanol–water partition coefficient (Wildman–Crippen LogP) is 4.77. The second kappa shape index (κ2) is 8.68. The van der Waals surface area contributed by atoms with Gasteiger partial charge in [-0.2, -0.15) is 15.0 Å². The van der Waals surface area contributed by atoms with Gasteiger partial charge < -0.3 is 19.9 Å². The van der Waals surface area contributed by atoms with Crippen LogP contribution in [0.3, 0.4) is 0 Å². The molecule has 1 atom stereocenters. The number of para-hydroxylation sites is 1. The Hall–Kier alpha value is -4.70. The normalized spacial score (nSPS) is 14.7. The maximum Gasteiger partial charge on any atom is 0.229 e. The smallest absolute Gasteiger partial charge is 0.229 e. The molecular weight excluding hydrogens is 428 g/mol. The first-order valence-corrected chi connectivity index (χ1v) is 10.7. The molecule has 0 fully saturated rings. The zero-order chi connectivity index (χ0) is 23.7. The summed E-state index contributed by atoms with van der Waals surface area (Å²) in [6.07, 6.45) is 0. The summed E-state index contributed by atoms with van der Waals surface area (Å²) in [7, 11) is 3.16. The Kier molecular flexibility index (Phi) is 5.40. The molecule has 7 heteroatoms. The molecule has 5 rings (SSSR count). The Morgan fingerprint density at radius 2 is 1.62 bits per heavy atom. The van der Waals surface area contributed by atoms with Crippen molar-refractivity contribution in [2.45, 2.75) is 5.92 Å². The molecule has 1 aromatic heterocycles. The van der Waals surface area contributed by atoms with Crippen molar-refractivity contribution in [3.05, 3.63) is 101 Å². The van der Waals surface area contributed by atoms with Crippen LogP contribution in [0.15, 0.2) is 90.3 Å². The molecule has 0 saturated heterocycles. The summed E-state index contributed by atoms with van der Waals surface area (Å²) < 4.78 is 18.7. The standard InChI is InChI=1S/C27H22N4O3/c1-32-21-14-13-18(15-22(21)33-2)23-20(16-28)26(29)34-27-24(23)25(17-9-5-3-6-10-17)30-31(27)19-11-7-4-8-12-19/h3-15,23H,29H2,1-2H3/t23-/m1/s1. The molecule has 0 amide bonds. The van der Waals surface area contributed by atoms with E-state index in [1.165, 1.54) is 0 Å². The minimum Gasteiger partial charge on any atom is -0.493 e. The molecule has 7 nitrogen and oxygen atoms in total. The first-order chi connectivity index (χ1) is 16.7. The van der Waals surface area contributed by atoms with E-state index in [2.05, 4.69) is 6.07 Å². The van der Waals surface area contributed by atoms with Crippen molar-refractivity contribution < 1.29 is 14.2 Å². The average Bonchev–Trinajstić information content (AvgIpc) is 3.27. The van der Waals surface area contributed by atoms with E-state index < -0.39 is 5.92 Å². The monoisotopic (exact) mass is 450 g/mol. The van der Waals surface area contributed by atoms with Gasteiger partial charge in [-0.25, -0.2) is 0 Å². The summed E-state index contributed by atoms with van der Waals surface area (Å²) in [4.78, 5) is 0. The van der Waals surface area contributed by atoms with E-state index in [1.54, 1.807) is 18.9 Å². The van der Waals surface area contributed by atoms with Crippen LogP contribution >= 0.6 is 0 Å². The number of ether oxygens (including phenoxy) is 3. The van der Waals surface area contributed by atoms with Gasteiger partial charge in [-0.3, -0.25) is 0 Å². The van der Waals surface area contributed by atoms with Gasteiger partial charge in [0.2, 0.25) is 11.8 Å². The minimum absolute atomic E-state index is 0.0477. The fourth-order valence-electron chi connectivity index (χ4n) is 4.26. The number of hydrogen-bond donors (Lipinski definition) is 1. The lowest BCUT2D eigenvalue weighted by Gasteiger charge is -2.25. The number of hydrogen-bond acceptors (Lipinski definition) is 6. The molecule has 34 heavy (non-hydrogen) atoms. The van der Waals surface area contributed by atoms with Crippen molar-refractivity contribution in [2.24, 2.45) is 5.73 Å². The van der Waals surface area contributed by atoms with Crippen molar-refractivity contribution in [1.82, 2.24) is 9.78 Å². The topological polar surface area (TPSA) is 95.3 Å². The molecule has 0 spiro atoms. The van der Waals surface area contributed by atoms with Gasteiger partial charge in [-0.15, -0.1) is 0 Å². The summed E-state index contributed by atoms with van der Waals surface area (Å²) in [5.41, 5.74) is 10.6. The summed E-state index contributed by atoms with van der Waals surface area (Å²) >= 11 is 0. The predicted molar refractivity (Wildman–Crippen MR) is 128 cm³/mol. The van der Waals surface area contributed by atoms with Crippen LogP contribution in [0.4, 0.5) is 0 Å². The van der Waals surface area contributed by atoms with E-state index in [-0.39, 0.29) is 5.88 Å². The van der Waals surface area contributed by atoms with Crippen LogP contribution in [-0.2, 0) is 0 Å². The summed E-state index contributed by atoms with van der Waals surface area (Å²) in [5.74, 6) is 1.16. The van der Waals surface area contributed by atoms with E-state index in [4.69, 9.17) is 25.0 Å². The first-order valence-electron chi connectivity index (χ1n) is 10.7. The lowest BCUT2D eigenvalue weighted by Crippen LogP contribution is -2.22. The van der Waals surface area contributed by atoms with Gasteiger partial charge >= 0.3 is 0 Å². The highest BCUT2D eigenvalue weighted by Gasteiger charge is 2.38. The van der Waals surface area contributed by atoms with E-state index in [9.17, 15) is 5.26 Å². The largest absolute Gasteiger partial charge is 0.493 e. The molecule has 0 aliphatic carbocycles. The van der Waals surface area contributed by atoms with Crippen LogP contribution in [0.25, 0.3) is 16.9 Å². The fourth-order valence-corrected chi connectivity index (χ4v) is 4.26. The molecule has 0 radical (unpaired) electrons. The third kappa shape index (κ3) is 3.42. The van der Waals surface area contributed by atoms with Crippen LogP contribution in [-0.4, -0.2) is 24.0 Å². The molecule has 1 aliphatic heterocycles. The molecule has 2 heterocycles. The average molecular weight is 450 g/mol. The zero-order valence-corrected chi connectivity index (χ0v) is 18.7. The van der Waals surface area contributed by atoms with Crippen LogP contribution < -0.4 is 19.9 Å². The Bertz CT molecular complexity index is 1420. The number of allylic oxidation sites excluding steroid dienone is 1. The number of nitrogens with two attached hydrogens (primary N) is 1. The molecule has 4 aromatic rings. The van der Waals surface area contributed by atoms with Gasteiger partial charge in [0.05, 0.1) is 31.4 Å². The molecule has 0 saturated carbocycles. The highest BCUT2D eigenvalue weighted by atomic mass is 16.5. The number of nitrogens with zero attached hydrogens (tertiary/aromatic N) is 3. The number of nitriles is 1. The zero-order valence-electron chi connectivity index (χ0n) is 18.7. The minimum atomic E-state index is -0.513. The number of benzene rings is 3. The van der Waals surface area contributed by atoms with Crippen LogP contribution in [0.1, 0.15) is 17.0 Å². The van der Waals surface area contributed by atoms with Crippen LogP contribution in [0.2, 0.25) is 0 Å². The molecule has 0 unspecified atom stereocenters. The van der Waals surface area contributed by atoms with Gasteiger partial charge in [-0.05, 0) is 29.8 Å². The third-order valence-electron chi connectivity index (χ3n) is 5.84. The van der Waals surface area contributed by atoms with Gasteiger partial charge in [0, 0.05) is 5.56 Å². The lowest BCUT2D eigenvalue weighted by molar-refractivity contribution is 0.353. The van der Waals surface area contributed by atoms with Crippen molar-refractivity contribution >= 4 is 0 Å². The maximum absolute atomic E-state index is 10.1. The Labute approximate surface area is 197 Å². The second-order valence-corrected chi connectivity index (χ2v) is 7.72. The molecular formula is C27H22N4O3. The third-order valence-corrected chi connectivity index (χ3v) is 5.84. The van der Waals surface area contributed by atoms with Crippen LogP contribution in [0.5, 0.6) is 17.4 Å². The van der Waals surface area contributed by atoms with Gasteiger partial charge in [0.1, 0.15) is 17.3 Å². The quantitative estimate of drug-likeness (QED) is 0.470. The van der Waals surface area contributed by atoms with Crippen LogP contribution in [0, 0.1) is 11.3 Å². The SMILES string of the molecule is COc1ccc([C@@H]2C(C#N)=C(N)Oc3c2c(-c2ccccc2)nn3-c2ccccc2)cc1OC.